The highest BCUT2D eigenvalue weighted by Gasteiger charge is 2.04. The fourth-order valence-electron chi connectivity index (χ4n) is 0.965. The van der Waals surface area contributed by atoms with Crippen LogP contribution in [0, 0.1) is 0 Å². The minimum Gasteiger partial charge on any atom is -0.366 e. The number of primary amides is 1. The molecule has 0 spiro atoms. The van der Waals surface area contributed by atoms with Crippen LogP contribution in [0.25, 0.3) is 6.08 Å². The van der Waals surface area contributed by atoms with Crippen LogP contribution in [-0.4, -0.2) is 5.91 Å². The number of benzene rings is 1. The molecule has 2 N–H and O–H groups in total. The van der Waals surface area contributed by atoms with Gasteiger partial charge in [-0.05, 0) is 49.6 Å². The van der Waals surface area contributed by atoms with E-state index in [-0.39, 0.29) is 0 Å². The summed E-state index contributed by atoms with van der Waals surface area (Å²) in [5, 5.41) is 0. The molecule has 13 heavy (non-hydrogen) atoms. The van der Waals surface area contributed by atoms with Crippen molar-refractivity contribution in [3.63, 3.8) is 0 Å². The third-order valence-corrected chi connectivity index (χ3v) is 1.95. The summed E-state index contributed by atoms with van der Waals surface area (Å²) in [4.78, 5) is 11.0. The van der Waals surface area contributed by atoms with Gasteiger partial charge < -0.3 is 5.73 Å². The summed E-state index contributed by atoms with van der Waals surface area (Å²) in [5.41, 5.74) is 6.49. The molecule has 0 saturated carbocycles. The van der Waals surface area contributed by atoms with E-state index in [9.17, 15) is 4.79 Å². The normalized spacial score (nSPS) is 9.38. The molecule has 0 fully saturated rings. The summed E-state index contributed by atoms with van der Waals surface area (Å²) in [6.07, 6.45) is 1.78. The van der Waals surface area contributed by atoms with Gasteiger partial charge in [-0.3, -0.25) is 4.79 Å². The highest BCUT2D eigenvalue weighted by molar-refractivity contribution is 9.28. The Labute approximate surface area is 93.1 Å². The minimum atomic E-state index is -0.423. The van der Waals surface area contributed by atoms with Gasteiger partial charge in [0.15, 0.2) is 0 Å². The average molecular weight is 305 g/mol. The zero-order chi connectivity index (χ0) is 9.84. The summed E-state index contributed by atoms with van der Waals surface area (Å²) < 4.78 is 0.772. The number of carbonyl (C=O) groups is 1. The Kier molecular flexibility index (Phi) is 3.69. The second-order valence-corrected chi connectivity index (χ2v) is 5.16. The fourth-order valence-corrected chi connectivity index (χ4v) is 1.46. The van der Waals surface area contributed by atoms with Crippen molar-refractivity contribution in [1.82, 2.24) is 0 Å². The molecule has 1 amide bonds. The SMILES string of the molecule is NC(=O)c1ccccc1C=C(Br)Br. The Bertz CT molecular complexity index is 356. The van der Waals surface area contributed by atoms with Crippen molar-refractivity contribution in [2.24, 2.45) is 5.73 Å². The Morgan fingerprint density at radius 3 is 2.46 bits per heavy atom. The van der Waals surface area contributed by atoms with E-state index in [2.05, 4.69) is 31.9 Å². The van der Waals surface area contributed by atoms with Crippen LogP contribution in [-0.2, 0) is 0 Å². The molecular formula is C9H7Br2NO. The molecule has 1 aromatic rings. The first-order valence-corrected chi connectivity index (χ1v) is 5.11. The Balaban J connectivity index is 3.20. The van der Waals surface area contributed by atoms with Crippen LogP contribution in [0.1, 0.15) is 15.9 Å². The van der Waals surface area contributed by atoms with E-state index in [0.29, 0.717) is 5.56 Å². The standard InChI is InChI=1S/C9H7Br2NO/c10-8(11)5-6-3-1-2-4-7(6)9(12)13/h1-5H,(H2,12,13). The molecule has 68 valence electrons. The van der Waals surface area contributed by atoms with Crippen LogP contribution >= 0.6 is 31.9 Å². The molecule has 0 radical (unpaired) electrons. The number of rotatable bonds is 2. The fraction of sp³-hybridized carbons (Fsp3) is 0. The van der Waals surface area contributed by atoms with Gasteiger partial charge in [0.1, 0.15) is 0 Å². The van der Waals surface area contributed by atoms with Crippen LogP contribution in [0.3, 0.4) is 0 Å². The van der Waals surface area contributed by atoms with Gasteiger partial charge in [-0.25, -0.2) is 0 Å². The molecule has 1 aromatic carbocycles. The van der Waals surface area contributed by atoms with Crippen molar-refractivity contribution < 1.29 is 4.79 Å². The molecule has 0 aliphatic heterocycles. The van der Waals surface area contributed by atoms with E-state index < -0.39 is 5.91 Å². The van der Waals surface area contributed by atoms with Gasteiger partial charge in [-0.1, -0.05) is 18.2 Å². The smallest absolute Gasteiger partial charge is 0.249 e. The van der Waals surface area contributed by atoms with E-state index in [0.717, 1.165) is 8.96 Å². The molecule has 0 saturated heterocycles. The monoisotopic (exact) mass is 303 g/mol. The lowest BCUT2D eigenvalue weighted by atomic mass is 10.1. The van der Waals surface area contributed by atoms with Gasteiger partial charge in [0.25, 0.3) is 0 Å². The van der Waals surface area contributed by atoms with Gasteiger partial charge in [-0.2, -0.15) is 0 Å². The van der Waals surface area contributed by atoms with Gasteiger partial charge in [0.2, 0.25) is 5.91 Å². The summed E-state index contributed by atoms with van der Waals surface area (Å²) in [6.45, 7) is 0. The lowest BCUT2D eigenvalue weighted by molar-refractivity contribution is 0.1000. The van der Waals surface area contributed by atoms with Gasteiger partial charge >= 0.3 is 0 Å². The third-order valence-electron chi connectivity index (χ3n) is 1.49. The Morgan fingerprint density at radius 2 is 1.92 bits per heavy atom. The van der Waals surface area contributed by atoms with Crippen molar-refractivity contribution in [2.45, 2.75) is 0 Å². The Morgan fingerprint density at radius 1 is 1.31 bits per heavy atom. The second kappa shape index (κ2) is 4.58. The molecule has 1 rings (SSSR count). The minimum absolute atomic E-state index is 0.423. The van der Waals surface area contributed by atoms with Crippen LogP contribution in [0.4, 0.5) is 0 Å². The zero-order valence-electron chi connectivity index (χ0n) is 6.63. The van der Waals surface area contributed by atoms with Crippen LogP contribution in [0.15, 0.2) is 27.7 Å². The third kappa shape index (κ3) is 2.97. The molecule has 2 nitrogen and oxygen atoms in total. The summed E-state index contributed by atoms with van der Waals surface area (Å²) >= 11 is 6.44. The van der Waals surface area contributed by atoms with Crippen LogP contribution < -0.4 is 5.73 Å². The van der Waals surface area contributed by atoms with Crippen molar-refractivity contribution >= 4 is 43.8 Å². The van der Waals surface area contributed by atoms with Gasteiger partial charge in [0.05, 0.1) is 3.39 Å². The Hall–Kier alpha value is -0.610. The predicted molar refractivity (Wildman–Crippen MR) is 60.8 cm³/mol. The van der Waals surface area contributed by atoms with E-state index in [1.165, 1.54) is 0 Å². The van der Waals surface area contributed by atoms with E-state index in [4.69, 9.17) is 5.73 Å². The molecule has 0 aliphatic carbocycles. The van der Waals surface area contributed by atoms with Crippen LogP contribution in [0.2, 0.25) is 0 Å². The number of hydrogen-bond acceptors (Lipinski definition) is 1. The molecule has 0 atom stereocenters. The van der Waals surface area contributed by atoms with Crippen molar-refractivity contribution in [3.8, 4) is 0 Å². The van der Waals surface area contributed by atoms with Crippen molar-refractivity contribution in [3.05, 3.63) is 38.8 Å². The maximum absolute atomic E-state index is 11.0. The van der Waals surface area contributed by atoms with Crippen molar-refractivity contribution in [1.29, 1.82) is 0 Å². The molecule has 0 heterocycles. The molecule has 0 bridgehead atoms. The first kappa shape index (κ1) is 10.5. The first-order valence-electron chi connectivity index (χ1n) is 3.53. The second-order valence-electron chi connectivity index (χ2n) is 2.39. The number of hydrogen-bond donors (Lipinski definition) is 1. The number of amides is 1. The van der Waals surface area contributed by atoms with Gasteiger partial charge in [0, 0.05) is 5.56 Å². The maximum Gasteiger partial charge on any atom is 0.249 e. The maximum atomic E-state index is 11.0. The number of halogens is 2. The quantitative estimate of drug-likeness (QED) is 0.897. The van der Waals surface area contributed by atoms with E-state index >= 15 is 0 Å². The number of carbonyl (C=O) groups excluding carboxylic acids is 1. The first-order chi connectivity index (χ1) is 6.11. The highest BCUT2D eigenvalue weighted by atomic mass is 79.9. The van der Waals surface area contributed by atoms with E-state index in [1.807, 2.05) is 12.1 Å². The summed E-state index contributed by atoms with van der Waals surface area (Å²) in [7, 11) is 0. The lowest BCUT2D eigenvalue weighted by Gasteiger charge is -2.00. The lowest BCUT2D eigenvalue weighted by Crippen LogP contribution is -2.12. The largest absolute Gasteiger partial charge is 0.366 e. The summed E-state index contributed by atoms with van der Waals surface area (Å²) in [5.74, 6) is -0.423. The predicted octanol–water partition coefficient (Wildman–Crippen LogP) is 2.87. The molecule has 0 aliphatic rings. The van der Waals surface area contributed by atoms with E-state index in [1.54, 1.807) is 18.2 Å². The number of nitrogens with two attached hydrogens (primary N) is 1. The average Bonchev–Trinajstić information content (AvgIpc) is 2.03. The molecule has 0 unspecified atom stereocenters. The molecule has 4 heteroatoms. The highest BCUT2D eigenvalue weighted by Crippen LogP contribution is 2.20. The van der Waals surface area contributed by atoms with Crippen LogP contribution in [0.5, 0.6) is 0 Å². The van der Waals surface area contributed by atoms with Crippen molar-refractivity contribution in [2.75, 3.05) is 0 Å². The summed E-state index contributed by atoms with van der Waals surface area (Å²) in [6, 6.07) is 7.14. The zero-order valence-corrected chi connectivity index (χ0v) is 9.80. The molecule has 0 aromatic heterocycles. The molecular weight excluding hydrogens is 298 g/mol. The van der Waals surface area contributed by atoms with Gasteiger partial charge in [-0.15, -0.1) is 0 Å². The topological polar surface area (TPSA) is 43.1 Å².